The van der Waals surface area contributed by atoms with Crippen molar-refractivity contribution in [3.05, 3.63) is 18.2 Å². The molecule has 3 heterocycles. The number of carbonyl (C=O) groups excluding carboxylic acids is 1. The van der Waals surface area contributed by atoms with E-state index < -0.39 is 9.84 Å². The fourth-order valence-corrected chi connectivity index (χ4v) is 5.44. The number of fused-ring (bicyclic) bond motifs is 1. The first-order chi connectivity index (χ1) is 12.5. The second-order valence-corrected chi connectivity index (χ2v) is 9.10. The molecule has 0 spiro atoms. The lowest BCUT2D eigenvalue weighted by molar-refractivity contribution is 0.121. The van der Waals surface area contributed by atoms with Gasteiger partial charge in [-0.1, -0.05) is 0 Å². The van der Waals surface area contributed by atoms with Crippen molar-refractivity contribution in [1.82, 2.24) is 9.80 Å². The minimum Gasteiger partial charge on any atom is -0.486 e. The van der Waals surface area contributed by atoms with Crippen molar-refractivity contribution in [1.29, 1.82) is 0 Å². The lowest BCUT2D eigenvalue weighted by atomic mass is 10.2. The lowest BCUT2D eigenvalue weighted by Crippen LogP contribution is -2.53. The van der Waals surface area contributed by atoms with Crippen molar-refractivity contribution in [3.8, 4) is 11.5 Å². The van der Waals surface area contributed by atoms with Crippen LogP contribution in [0, 0.1) is 0 Å². The van der Waals surface area contributed by atoms with Crippen LogP contribution in [-0.4, -0.2) is 81.2 Å². The van der Waals surface area contributed by atoms with E-state index in [2.05, 4.69) is 10.2 Å². The maximum Gasteiger partial charge on any atom is 0.321 e. The summed E-state index contributed by atoms with van der Waals surface area (Å²) in [5.74, 6) is 1.86. The summed E-state index contributed by atoms with van der Waals surface area (Å²) in [5.41, 5.74) is 0.670. The zero-order valence-electron chi connectivity index (χ0n) is 14.5. The lowest BCUT2D eigenvalue weighted by Gasteiger charge is -2.37. The molecule has 26 heavy (non-hydrogen) atoms. The van der Waals surface area contributed by atoms with Crippen LogP contribution in [0.15, 0.2) is 18.2 Å². The molecule has 0 radical (unpaired) electrons. The zero-order chi connectivity index (χ0) is 18.1. The van der Waals surface area contributed by atoms with Crippen LogP contribution < -0.4 is 14.8 Å². The monoisotopic (exact) mass is 381 g/mol. The molecule has 0 aliphatic carbocycles. The fourth-order valence-electron chi connectivity index (χ4n) is 3.68. The Kier molecular flexibility index (Phi) is 4.66. The first-order valence-electron chi connectivity index (χ1n) is 8.90. The Morgan fingerprint density at radius 3 is 2.50 bits per heavy atom. The van der Waals surface area contributed by atoms with Gasteiger partial charge in [0.25, 0.3) is 0 Å². The van der Waals surface area contributed by atoms with Crippen molar-refractivity contribution in [2.75, 3.05) is 56.2 Å². The maximum absolute atomic E-state index is 12.5. The quantitative estimate of drug-likeness (QED) is 0.815. The summed E-state index contributed by atoms with van der Waals surface area (Å²) in [6.45, 7) is 3.62. The molecule has 142 valence electrons. The first kappa shape index (κ1) is 17.4. The van der Waals surface area contributed by atoms with E-state index in [1.807, 2.05) is 0 Å². The van der Waals surface area contributed by atoms with Gasteiger partial charge in [0, 0.05) is 44.0 Å². The standard InChI is InChI=1S/C17H23N3O5S/c21-17(18-13-1-2-15-16(11-13)25-9-8-24-15)20-6-4-19(5-7-20)14-3-10-26(22,23)12-14/h1-2,11,14H,3-10,12H2,(H,18,21). The molecular formula is C17H23N3O5S. The van der Waals surface area contributed by atoms with Gasteiger partial charge in [-0.15, -0.1) is 0 Å². The molecule has 2 fully saturated rings. The van der Waals surface area contributed by atoms with Gasteiger partial charge in [-0.2, -0.15) is 0 Å². The Balaban J connectivity index is 1.31. The number of hydrogen-bond donors (Lipinski definition) is 1. The molecule has 0 aromatic heterocycles. The Morgan fingerprint density at radius 2 is 1.81 bits per heavy atom. The number of benzene rings is 1. The van der Waals surface area contributed by atoms with E-state index in [9.17, 15) is 13.2 Å². The van der Waals surface area contributed by atoms with E-state index in [-0.39, 0.29) is 23.6 Å². The molecule has 2 saturated heterocycles. The van der Waals surface area contributed by atoms with Crippen LogP contribution in [-0.2, 0) is 9.84 Å². The predicted molar refractivity (Wildman–Crippen MR) is 96.7 cm³/mol. The van der Waals surface area contributed by atoms with E-state index in [1.165, 1.54) is 0 Å². The Morgan fingerprint density at radius 1 is 1.08 bits per heavy atom. The second kappa shape index (κ2) is 6.96. The third kappa shape index (κ3) is 3.73. The minimum atomic E-state index is -2.88. The molecule has 2 amide bonds. The van der Waals surface area contributed by atoms with Crippen molar-refractivity contribution in [2.45, 2.75) is 12.5 Å². The molecular weight excluding hydrogens is 358 g/mol. The predicted octanol–water partition coefficient (Wildman–Crippen LogP) is 0.794. The molecule has 1 aromatic carbocycles. The van der Waals surface area contributed by atoms with Crippen LogP contribution in [0.5, 0.6) is 11.5 Å². The number of piperazine rings is 1. The number of nitrogens with zero attached hydrogens (tertiary/aromatic N) is 2. The van der Waals surface area contributed by atoms with Gasteiger partial charge in [0.15, 0.2) is 21.3 Å². The van der Waals surface area contributed by atoms with Crippen LogP contribution in [0.2, 0.25) is 0 Å². The normalized spacial score (nSPS) is 25.1. The number of rotatable bonds is 2. The average Bonchev–Trinajstić information content (AvgIpc) is 3.01. The Labute approximate surface area is 153 Å². The summed E-state index contributed by atoms with van der Waals surface area (Å²) in [5, 5.41) is 2.90. The number of anilines is 1. The van der Waals surface area contributed by atoms with Gasteiger partial charge in [0.1, 0.15) is 13.2 Å². The Hall–Kier alpha value is -2.00. The van der Waals surface area contributed by atoms with E-state index in [4.69, 9.17) is 9.47 Å². The SMILES string of the molecule is O=C(Nc1ccc2c(c1)OCCO2)N1CCN(C2CCS(=O)(=O)C2)CC1. The molecule has 3 aliphatic rings. The molecule has 1 atom stereocenters. The third-order valence-corrected chi connectivity index (χ3v) is 6.87. The van der Waals surface area contributed by atoms with Crippen LogP contribution in [0.4, 0.5) is 10.5 Å². The van der Waals surface area contributed by atoms with E-state index >= 15 is 0 Å². The highest BCUT2D eigenvalue weighted by Crippen LogP contribution is 2.32. The first-order valence-corrected chi connectivity index (χ1v) is 10.7. The summed E-state index contributed by atoms with van der Waals surface area (Å²) in [4.78, 5) is 16.4. The number of ether oxygens (including phenoxy) is 2. The highest BCUT2D eigenvalue weighted by atomic mass is 32.2. The summed E-state index contributed by atoms with van der Waals surface area (Å²) in [6.07, 6.45) is 0.700. The molecule has 4 rings (SSSR count). The van der Waals surface area contributed by atoms with Gasteiger partial charge >= 0.3 is 6.03 Å². The molecule has 1 aromatic rings. The van der Waals surface area contributed by atoms with Gasteiger partial charge in [-0.25, -0.2) is 13.2 Å². The van der Waals surface area contributed by atoms with E-state index in [1.54, 1.807) is 23.1 Å². The van der Waals surface area contributed by atoms with Crippen molar-refractivity contribution >= 4 is 21.6 Å². The number of urea groups is 1. The molecule has 3 aliphatic heterocycles. The summed E-state index contributed by atoms with van der Waals surface area (Å²) < 4.78 is 34.3. The number of carbonyl (C=O) groups is 1. The summed E-state index contributed by atoms with van der Waals surface area (Å²) >= 11 is 0. The van der Waals surface area contributed by atoms with Crippen LogP contribution in [0.25, 0.3) is 0 Å². The van der Waals surface area contributed by atoms with Crippen molar-refractivity contribution in [3.63, 3.8) is 0 Å². The smallest absolute Gasteiger partial charge is 0.321 e. The number of nitrogens with one attached hydrogen (secondary N) is 1. The van der Waals surface area contributed by atoms with E-state index in [0.29, 0.717) is 63.0 Å². The molecule has 8 nitrogen and oxygen atoms in total. The molecule has 9 heteroatoms. The van der Waals surface area contributed by atoms with Crippen molar-refractivity contribution < 1.29 is 22.7 Å². The fraction of sp³-hybridized carbons (Fsp3) is 0.588. The molecule has 1 unspecified atom stereocenters. The molecule has 0 saturated carbocycles. The highest BCUT2D eigenvalue weighted by Gasteiger charge is 2.34. The van der Waals surface area contributed by atoms with E-state index in [0.717, 1.165) is 0 Å². The number of sulfone groups is 1. The van der Waals surface area contributed by atoms with Crippen molar-refractivity contribution in [2.24, 2.45) is 0 Å². The average molecular weight is 381 g/mol. The largest absolute Gasteiger partial charge is 0.486 e. The number of amides is 2. The highest BCUT2D eigenvalue weighted by molar-refractivity contribution is 7.91. The van der Waals surface area contributed by atoms with Gasteiger partial charge in [0.05, 0.1) is 11.5 Å². The van der Waals surface area contributed by atoms with Crippen LogP contribution in [0.1, 0.15) is 6.42 Å². The van der Waals surface area contributed by atoms with Crippen LogP contribution in [0.3, 0.4) is 0 Å². The van der Waals surface area contributed by atoms with Gasteiger partial charge < -0.3 is 19.7 Å². The van der Waals surface area contributed by atoms with Gasteiger partial charge in [-0.05, 0) is 18.6 Å². The second-order valence-electron chi connectivity index (χ2n) is 6.87. The Bertz CT molecular complexity index is 790. The van der Waals surface area contributed by atoms with Gasteiger partial charge in [0.2, 0.25) is 0 Å². The zero-order valence-corrected chi connectivity index (χ0v) is 15.3. The van der Waals surface area contributed by atoms with Crippen LogP contribution >= 0.6 is 0 Å². The topological polar surface area (TPSA) is 88.2 Å². The molecule has 0 bridgehead atoms. The number of hydrogen-bond acceptors (Lipinski definition) is 6. The summed E-state index contributed by atoms with van der Waals surface area (Å²) in [6, 6.07) is 5.31. The summed E-state index contributed by atoms with van der Waals surface area (Å²) in [7, 11) is -2.88. The van der Waals surface area contributed by atoms with Gasteiger partial charge in [-0.3, -0.25) is 4.90 Å². The molecule has 1 N–H and O–H groups in total. The minimum absolute atomic E-state index is 0.100. The maximum atomic E-state index is 12.5. The third-order valence-electron chi connectivity index (χ3n) is 5.12.